The van der Waals surface area contributed by atoms with Gasteiger partial charge in [0.25, 0.3) is 0 Å². The normalized spacial score (nSPS) is 10.7. The zero-order valence-electron chi connectivity index (χ0n) is 19.4. The number of ether oxygens (including phenoxy) is 1. The molecule has 1 amide bonds. The Morgan fingerprint density at radius 2 is 1.94 bits per heavy atom. The first kappa shape index (κ1) is 24.0. The number of anilines is 1. The largest absolute Gasteiger partial charge is 0.495 e. The van der Waals surface area contributed by atoms with Gasteiger partial charge >= 0.3 is 0 Å². The Morgan fingerprint density at radius 3 is 2.66 bits per heavy atom. The lowest BCUT2D eigenvalue weighted by atomic mass is 10.2. The summed E-state index contributed by atoms with van der Waals surface area (Å²) in [6.07, 6.45) is 1.56. The van der Waals surface area contributed by atoms with Gasteiger partial charge < -0.3 is 14.6 Å². The van der Waals surface area contributed by atoms with Gasteiger partial charge in [0.2, 0.25) is 5.91 Å². The highest BCUT2D eigenvalue weighted by Gasteiger charge is 2.21. The number of nitrogens with zero attached hydrogens (tertiary/aromatic N) is 5. The summed E-state index contributed by atoms with van der Waals surface area (Å²) in [6.45, 7) is 4.12. The van der Waals surface area contributed by atoms with Crippen molar-refractivity contribution in [2.45, 2.75) is 25.5 Å². The number of methoxy groups -OCH3 is 1. The van der Waals surface area contributed by atoms with Crippen molar-refractivity contribution < 1.29 is 13.9 Å². The van der Waals surface area contributed by atoms with Gasteiger partial charge in [0.15, 0.2) is 5.16 Å². The molecular formula is C25H23FN6O2S. The predicted octanol–water partition coefficient (Wildman–Crippen LogP) is 4.48. The molecule has 2 aromatic carbocycles. The number of aromatic nitrogens is 4. The highest BCUT2D eigenvalue weighted by Crippen LogP contribution is 2.29. The molecule has 0 spiro atoms. The number of amides is 1. The smallest absolute Gasteiger partial charge is 0.235 e. The molecule has 0 aliphatic carbocycles. The van der Waals surface area contributed by atoms with Crippen LogP contribution in [-0.2, 0) is 11.3 Å². The van der Waals surface area contributed by atoms with Crippen molar-refractivity contribution >= 4 is 23.5 Å². The van der Waals surface area contributed by atoms with E-state index in [1.165, 1.54) is 23.9 Å². The van der Waals surface area contributed by atoms with Crippen LogP contribution in [-0.4, -0.2) is 38.1 Å². The second-order valence-electron chi connectivity index (χ2n) is 7.75. The Kier molecular flexibility index (Phi) is 7.17. The van der Waals surface area contributed by atoms with Crippen LogP contribution in [0.1, 0.15) is 22.4 Å². The molecule has 0 saturated heterocycles. The van der Waals surface area contributed by atoms with Crippen molar-refractivity contribution in [3.63, 3.8) is 0 Å². The van der Waals surface area contributed by atoms with Gasteiger partial charge in [-0.05, 0) is 49.2 Å². The number of para-hydroxylation sites is 2. The van der Waals surface area contributed by atoms with Crippen LogP contribution in [0.5, 0.6) is 5.75 Å². The maximum absolute atomic E-state index is 13.3. The maximum atomic E-state index is 13.3. The number of carbonyl (C=O) groups excluding carboxylic acids is 1. The summed E-state index contributed by atoms with van der Waals surface area (Å²) < 4.78 is 22.4. The molecule has 2 heterocycles. The molecule has 1 N–H and O–H groups in total. The molecule has 35 heavy (non-hydrogen) atoms. The Hall–Kier alpha value is -4.10. The summed E-state index contributed by atoms with van der Waals surface area (Å²) in [7, 11) is 1.58. The van der Waals surface area contributed by atoms with E-state index in [1.54, 1.807) is 30.1 Å². The number of nitrogens with one attached hydrogen (secondary N) is 1. The fourth-order valence-electron chi connectivity index (χ4n) is 3.72. The minimum Gasteiger partial charge on any atom is -0.495 e. The third kappa shape index (κ3) is 5.05. The van der Waals surface area contributed by atoms with Gasteiger partial charge in [0.05, 0.1) is 24.1 Å². The van der Waals surface area contributed by atoms with Crippen LogP contribution in [0.25, 0.3) is 5.69 Å². The van der Waals surface area contributed by atoms with Gasteiger partial charge in [-0.1, -0.05) is 36.0 Å². The fraction of sp³-hybridized carbons (Fsp3) is 0.200. The molecule has 4 aromatic rings. The predicted molar refractivity (Wildman–Crippen MR) is 131 cm³/mol. The second kappa shape index (κ2) is 10.4. The molecular weight excluding hydrogens is 467 g/mol. The van der Waals surface area contributed by atoms with Gasteiger partial charge in [-0.2, -0.15) is 5.26 Å². The summed E-state index contributed by atoms with van der Waals surface area (Å²) in [5.74, 6) is 0.515. The highest BCUT2D eigenvalue weighted by atomic mass is 32.2. The SMILES string of the molecule is COc1ccccc1-n1cnnc1SCC(=O)Nc1c(C#N)c(C)c(C)n1Cc1ccc(F)cc1. The van der Waals surface area contributed by atoms with Crippen molar-refractivity contribution in [1.29, 1.82) is 5.26 Å². The molecule has 0 atom stereocenters. The molecule has 0 aliphatic heterocycles. The number of hydrogen-bond donors (Lipinski definition) is 1. The number of halogens is 1. The van der Waals surface area contributed by atoms with Gasteiger partial charge in [0.1, 0.15) is 29.8 Å². The van der Waals surface area contributed by atoms with E-state index >= 15 is 0 Å². The average Bonchev–Trinajstić information content (AvgIpc) is 3.42. The zero-order valence-corrected chi connectivity index (χ0v) is 20.3. The van der Waals surface area contributed by atoms with Crippen molar-refractivity contribution in [2.24, 2.45) is 0 Å². The molecule has 0 bridgehead atoms. The zero-order chi connectivity index (χ0) is 24.9. The van der Waals surface area contributed by atoms with Crippen molar-refractivity contribution in [3.05, 3.63) is 83.1 Å². The maximum Gasteiger partial charge on any atom is 0.235 e. The summed E-state index contributed by atoms with van der Waals surface area (Å²) in [4.78, 5) is 12.9. The summed E-state index contributed by atoms with van der Waals surface area (Å²) in [6, 6.07) is 15.8. The Bertz CT molecular complexity index is 1400. The van der Waals surface area contributed by atoms with E-state index in [4.69, 9.17) is 4.74 Å². The lowest BCUT2D eigenvalue weighted by Crippen LogP contribution is -2.19. The Morgan fingerprint density at radius 1 is 1.20 bits per heavy atom. The first-order valence-electron chi connectivity index (χ1n) is 10.7. The van der Waals surface area contributed by atoms with E-state index in [2.05, 4.69) is 21.6 Å². The van der Waals surface area contributed by atoms with Crippen LogP contribution in [0.4, 0.5) is 10.2 Å². The van der Waals surface area contributed by atoms with E-state index in [1.807, 2.05) is 42.7 Å². The Labute approximate surface area is 206 Å². The van der Waals surface area contributed by atoms with Gasteiger partial charge in [-0.25, -0.2) is 4.39 Å². The second-order valence-corrected chi connectivity index (χ2v) is 8.69. The van der Waals surface area contributed by atoms with Crippen LogP contribution in [0.3, 0.4) is 0 Å². The minimum atomic E-state index is -0.321. The first-order valence-corrected chi connectivity index (χ1v) is 11.7. The van der Waals surface area contributed by atoms with E-state index in [9.17, 15) is 14.4 Å². The van der Waals surface area contributed by atoms with E-state index < -0.39 is 0 Å². The monoisotopic (exact) mass is 490 g/mol. The van der Waals surface area contributed by atoms with Gasteiger partial charge in [-0.3, -0.25) is 9.36 Å². The van der Waals surface area contributed by atoms with Crippen LogP contribution in [0.2, 0.25) is 0 Å². The number of nitriles is 1. The molecule has 8 nitrogen and oxygen atoms in total. The molecule has 0 unspecified atom stereocenters. The van der Waals surface area contributed by atoms with Crippen LogP contribution in [0, 0.1) is 31.0 Å². The molecule has 0 saturated carbocycles. The van der Waals surface area contributed by atoms with Crippen LogP contribution in [0.15, 0.2) is 60.0 Å². The molecule has 0 aliphatic rings. The quantitative estimate of drug-likeness (QED) is 0.366. The minimum absolute atomic E-state index is 0.0541. The van der Waals surface area contributed by atoms with E-state index in [0.29, 0.717) is 28.8 Å². The van der Waals surface area contributed by atoms with Crippen LogP contribution >= 0.6 is 11.8 Å². The van der Waals surface area contributed by atoms with Crippen molar-refractivity contribution in [1.82, 2.24) is 19.3 Å². The molecule has 178 valence electrons. The summed E-state index contributed by atoms with van der Waals surface area (Å²) >= 11 is 1.22. The summed E-state index contributed by atoms with van der Waals surface area (Å²) in [5, 5.41) is 21.3. The van der Waals surface area contributed by atoms with Gasteiger partial charge in [-0.15, -0.1) is 10.2 Å². The van der Waals surface area contributed by atoms with Gasteiger partial charge in [0, 0.05) is 12.2 Å². The lowest BCUT2D eigenvalue weighted by molar-refractivity contribution is -0.113. The third-order valence-electron chi connectivity index (χ3n) is 5.65. The topological polar surface area (TPSA) is 97.8 Å². The number of hydrogen-bond acceptors (Lipinski definition) is 6. The number of thioether (sulfide) groups is 1. The van der Waals surface area contributed by atoms with Crippen molar-refractivity contribution in [3.8, 4) is 17.5 Å². The standard InChI is InChI=1S/C25H23FN6O2S/c1-16-17(2)31(13-18-8-10-19(26)11-9-18)24(20(16)12-27)29-23(33)14-35-25-30-28-15-32(25)21-6-4-5-7-22(21)34-3/h4-11,15H,13-14H2,1-3H3,(H,29,33). The summed E-state index contributed by atoms with van der Waals surface area (Å²) in [5.41, 5.74) is 3.65. The number of carbonyl (C=O) groups is 1. The van der Waals surface area contributed by atoms with E-state index in [0.717, 1.165) is 22.5 Å². The average molecular weight is 491 g/mol. The number of benzene rings is 2. The fourth-order valence-corrected chi connectivity index (χ4v) is 4.44. The third-order valence-corrected chi connectivity index (χ3v) is 6.59. The van der Waals surface area contributed by atoms with Crippen LogP contribution < -0.4 is 10.1 Å². The lowest BCUT2D eigenvalue weighted by Gasteiger charge is -2.14. The molecule has 2 aromatic heterocycles. The molecule has 0 radical (unpaired) electrons. The molecule has 0 fully saturated rings. The van der Waals surface area contributed by atoms with E-state index in [-0.39, 0.29) is 17.5 Å². The molecule has 4 rings (SSSR count). The Balaban J connectivity index is 1.53. The first-order chi connectivity index (χ1) is 16.9. The van der Waals surface area contributed by atoms with Crippen molar-refractivity contribution in [2.75, 3.05) is 18.2 Å². The highest BCUT2D eigenvalue weighted by molar-refractivity contribution is 7.99. The molecule has 10 heteroatoms. The number of rotatable bonds is 8.